The molecule has 2 aromatic heterocycles. The van der Waals surface area contributed by atoms with Gasteiger partial charge in [0.2, 0.25) is 0 Å². The van der Waals surface area contributed by atoms with E-state index in [9.17, 15) is 4.79 Å². The summed E-state index contributed by atoms with van der Waals surface area (Å²) in [5, 5.41) is 2.94. The van der Waals surface area contributed by atoms with Gasteiger partial charge in [0.1, 0.15) is 23.2 Å². The Balaban J connectivity index is 1.40. The second-order valence-corrected chi connectivity index (χ2v) is 6.86. The number of carbonyl (C=O) groups is 1. The summed E-state index contributed by atoms with van der Waals surface area (Å²) in [5.41, 5.74) is 0.722. The summed E-state index contributed by atoms with van der Waals surface area (Å²) >= 11 is 0. The summed E-state index contributed by atoms with van der Waals surface area (Å²) in [5.74, 6) is 3.17. The Labute approximate surface area is 169 Å². The van der Waals surface area contributed by atoms with Crippen molar-refractivity contribution in [1.29, 1.82) is 0 Å². The Morgan fingerprint density at radius 3 is 2.45 bits per heavy atom. The minimum Gasteiger partial charge on any atom is -0.497 e. The largest absolute Gasteiger partial charge is 0.497 e. The van der Waals surface area contributed by atoms with E-state index in [1.807, 2.05) is 65.2 Å². The third-order valence-electron chi connectivity index (χ3n) is 4.89. The van der Waals surface area contributed by atoms with Crippen LogP contribution in [0, 0.1) is 6.92 Å². The second kappa shape index (κ2) is 8.22. The van der Waals surface area contributed by atoms with Gasteiger partial charge in [0.05, 0.1) is 7.11 Å². The van der Waals surface area contributed by atoms with Crippen LogP contribution in [-0.4, -0.2) is 58.8 Å². The molecule has 1 aromatic carbocycles. The lowest BCUT2D eigenvalue weighted by Gasteiger charge is -2.35. The van der Waals surface area contributed by atoms with Crippen molar-refractivity contribution < 1.29 is 9.53 Å². The van der Waals surface area contributed by atoms with Crippen molar-refractivity contribution in [2.24, 2.45) is 0 Å². The van der Waals surface area contributed by atoms with Gasteiger partial charge < -0.3 is 24.4 Å². The Kier molecular flexibility index (Phi) is 5.33. The quantitative estimate of drug-likeness (QED) is 0.739. The van der Waals surface area contributed by atoms with Crippen molar-refractivity contribution in [3.8, 4) is 11.6 Å². The molecule has 0 saturated carbocycles. The number of benzene rings is 1. The second-order valence-electron chi connectivity index (χ2n) is 6.86. The number of carbonyl (C=O) groups excluding carboxylic acids is 1. The van der Waals surface area contributed by atoms with Crippen LogP contribution in [0.15, 0.2) is 54.9 Å². The number of ether oxygens (including phenoxy) is 1. The van der Waals surface area contributed by atoms with E-state index in [4.69, 9.17) is 4.74 Å². The molecule has 1 fully saturated rings. The van der Waals surface area contributed by atoms with E-state index in [1.54, 1.807) is 13.2 Å². The highest BCUT2D eigenvalue weighted by atomic mass is 16.5. The molecule has 1 N–H and O–H groups in total. The molecule has 0 unspecified atom stereocenters. The summed E-state index contributed by atoms with van der Waals surface area (Å²) < 4.78 is 7.17. The maximum absolute atomic E-state index is 12.6. The highest BCUT2D eigenvalue weighted by molar-refractivity contribution is 5.89. The van der Waals surface area contributed by atoms with Crippen molar-refractivity contribution in [3.05, 3.63) is 60.7 Å². The Morgan fingerprint density at radius 2 is 1.72 bits per heavy atom. The lowest BCUT2D eigenvalue weighted by atomic mass is 10.3. The predicted molar refractivity (Wildman–Crippen MR) is 112 cm³/mol. The minimum atomic E-state index is -0.107. The molecule has 0 bridgehead atoms. The van der Waals surface area contributed by atoms with E-state index in [1.165, 1.54) is 0 Å². The summed E-state index contributed by atoms with van der Waals surface area (Å²) in [6.07, 6.45) is 3.93. The first-order valence-corrected chi connectivity index (χ1v) is 9.56. The fourth-order valence-corrected chi connectivity index (χ4v) is 3.36. The topological polar surface area (TPSA) is 75.5 Å². The molecule has 0 spiro atoms. The molecule has 0 aliphatic carbocycles. The van der Waals surface area contributed by atoms with Crippen LogP contribution in [0.2, 0.25) is 0 Å². The van der Waals surface area contributed by atoms with Crippen molar-refractivity contribution in [3.63, 3.8) is 0 Å². The van der Waals surface area contributed by atoms with E-state index in [0.717, 1.165) is 23.1 Å². The molecule has 1 aliphatic heterocycles. The number of nitrogens with zero attached hydrogens (tertiary/aromatic N) is 5. The minimum absolute atomic E-state index is 0.107. The molecule has 2 amide bonds. The SMILES string of the molecule is COc1cccc(NC(=O)N2CCN(c3cc(-n4cccc4)nc(C)n3)CC2)c1. The van der Waals surface area contributed by atoms with Gasteiger partial charge in [-0.1, -0.05) is 6.07 Å². The van der Waals surface area contributed by atoms with Gasteiger partial charge in [0.15, 0.2) is 0 Å². The van der Waals surface area contributed by atoms with Crippen LogP contribution in [0.25, 0.3) is 5.82 Å². The Morgan fingerprint density at radius 1 is 1.00 bits per heavy atom. The first-order valence-electron chi connectivity index (χ1n) is 9.56. The molecule has 0 radical (unpaired) electrons. The van der Waals surface area contributed by atoms with Crippen LogP contribution >= 0.6 is 0 Å². The average Bonchev–Trinajstić information content (AvgIpc) is 3.28. The molecule has 29 heavy (non-hydrogen) atoms. The number of aryl methyl sites for hydroxylation is 1. The van der Waals surface area contributed by atoms with Crippen LogP contribution in [0.4, 0.5) is 16.3 Å². The third-order valence-corrected chi connectivity index (χ3v) is 4.89. The van der Waals surface area contributed by atoms with E-state index in [0.29, 0.717) is 31.9 Å². The first-order chi connectivity index (χ1) is 14.1. The highest BCUT2D eigenvalue weighted by Crippen LogP contribution is 2.20. The molecule has 8 heteroatoms. The zero-order chi connectivity index (χ0) is 20.2. The zero-order valence-electron chi connectivity index (χ0n) is 16.6. The number of methoxy groups -OCH3 is 1. The number of amides is 2. The van der Waals surface area contributed by atoms with E-state index in [-0.39, 0.29) is 6.03 Å². The lowest BCUT2D eigenvalue weighted by molar-refractivity contribution is 0.208. The molecule has 1 saturated heterocycles. The third kappa shape index (κ3) is 4.31. The summed E-state index contributed by atoms with van der Waals surface area (Å²) in [7, 11) is 1.61. The van der Waals surface area contributed by atoms with E-state index >= 15 is 0 Å². The normalized spacial score (nSPS) is 14.0. The average molecular weight is 392 g/mol. The monoisotopic (exact) mass is 392 g/mol. The van der Waals surface area contributed by atoms with Gasteiger partial charge in [-0.05, 0) is 31.2 Å². The first kappa shape index (κ1) is 18.8. The van der Waals surface area contributed by atoms with Gasteiger partial charge in [0.25, 0.3) is 0 Å². The van der Waals surface area contributed by atoms with Crippen LogP contribution in [-0.2, 0) is 0 Å². The summed E-state index contributed by atoms with van der Waals surface area (Å²) in [6.45, 7) is 4.57. The van der Waals surface area contributed by atoms with Crippen LogP contribution in [0.3, 0.4) is 0 Å². The van der Waals surface area contributed by atoms with Crippen molar-refractivity contribution >= 4 is 17.5 Å². The fourth-order valence-electron chi connectivity index (χ4n) is 3.36. The van der Waals surface area contributed by atoms with Crippen LogP contribution in [0.5, 0.6) is 5.75 Å². The van der Waals surface area contributed by atoms with Gasteiger partial charge in [0, 0.05) is 56.4 Å². The van der Waals surface area contributed by atoms with Crippen molar-refractivity contribution in [2.75, 3.05) is 43.5 Å². The van der Waals surface area contributed by atoms with Gasteiger partial charge >= 0.3 is 6.03 Å². The van der Waals surface area contributed by atoms with Gasteiger partial charge in [-0.3, -0.25) is 0 Å². The van der Waals surface area contributed by atoms with E-state index in [2.05, 4.69) is 20.2 Å². The number of rotatable bonds is 4. The summed E-state index contributed by atoms with van der Waals surface area (Å²) in [4.78, 5) is 25.7. The Hall–Kier alpha value is -3.55. The molecule has 4 rings (SSSR count). The number of hydrogen-bond donors (Lipinski definition) is 1. The fraction of sp³-hybridized carbons (Fsp3) is 0.286. The number of anilines is 2. The van der Waals surface area contributed by atoms with Gasteiger partial charge in [-0.25, -0.2) is 14.8 Å². The molecular formula is C21H24N6O2. The number of piperazine rings is 1. The molecule has 3 aromatic rings. The molecule has 8 nitrogen and oxygen atoms in total. The molecular weight excluding hydrogens is 368 g/mol. The number of nitrogens with one attached hydrogen (secondary N) is 1. The standard InChI is InChI=1S/C21H24N6O2/c1-16-22-19(25-8-3-4-9-25)15-20(23-16)26-10-12-27(13-11-26)21(28)24-17-6-5-7-18(14-17)29-2/h3-9,14-15H,10-13H2,1-2H3,(H,24,28). The Bertz CT molecular complexity index is 981. The molecule has 1 aliphatic rings. The van der Waals surface area contributed by atoms with Gasteiger partial charge in [-0.15, -0.1) is 0 Å². The summed E-state index contributed by atoms with van der Waals surface area (Å²) in [6, 6.07) is 13.2. The molecule has 150 valence electrons. The highest BCUT2D eigenvalue weighted by Gasteiger charge is 2.22. The lowest BCUT2D eigenvalue weighted by Crippen LogP contribution is -2.50. The maximum atomic E-state index is 12.6. The predicted octanol–water partition coefficient (Wildman–Crippen LogP) is 2.94. The van der Waals surface area contributed by atoms with Crippen LogP contribution in [0.1, 0.15) is 5.82 Å². The van der Waals surface area contributed by atoms with Gasteiger partial charge in [-0.2, -0.15) is 0 Å². The number of urea groups is 1. The molecule has 3 heterocycles. The number of hydrogen-bond acceptors (Lipinski definition) is 5. The number of aromatic nitrogens is 3. The van der Waals surface area contributed by atoms with Crippen molar-refractivity contribution in [1.82, 2.24) is 19.4 Å². The zero-order valence-corrected chi connectivity index (χ0v) is 16.6. The molecule has 0 atom stereocenters. The van der Waals surface area contributed by atoms with Crippen LogP contribution < -0.4 is 15.0 Å². The smallest absolute Gasteiger partial charge is 0.321 e. The van der Waals surface area contributed by atoms with E-state index < -0.39 is 0 Å². The maximum Gasteiger partial charge on any atom is 0.321 e. The van der Waals surface area contributed by atoms with Crippen molar-refractivity contribution in [2.45, 2.75) is 6.92 Å².